The van der Waals surface area contributed by atoms with Crippen molar-refractivity contribution in [1.29, 1.82) is 0 Å². The maximum absolute atomic E-state index is 12.0. The molecule has 0 saturated heterocycles. The molecule has 0 unspecified atom stereocenters. The summed E-state index contributed by atoms with van der Waals surface area (Å²) in [5, 5.41) is 2.63. The third-order valence-electron chi connectivity index (χ3n) is 4.56. The fourth-order valence-corrected chi connectivity index (χ4v) is 3.34. The van der Waals surface area contributed by atoms with E-state index in [9.17, 15) is 4.79 Å². The zero-order valence-electron chi connectivity index (χ0n) is 15.1. The zero-order valence-corrected chi connectivity index (χ0v) is 15.1. The quantitative estimate of drug-likeness (QED) is 0.692. The van der Waals surface area contributed by atoms with E-state index in [1.54, 1.807) is 6.07 Å². The molecule has 138 valence electrons. The molecular weight excluding hydrogens is 352 g/mol. The highest BCUT2D eigenvalue weighted by molar-refractivity contribution is 5.79. The number of nitrogens with zero attached hydrogens (tertiary/aromatic N) is 2. The lowest BCUT2D eigenvalue weighted by Crippen LogP contribution is -2.26. The summed E-state index contributed by atoms with van der Waals surface area (Å²) in [4.78, 5) is 19.8. The second kappa shape index (κ2) is 7.80. The predicted molar refractivity (Wildman–Crippen MR) is 106 cm³/mol. The van der Waals surface area contributed by atoms with Crippen LogP contribution in [0.5, 0.6) is 0 Å². The van der Waals surface area contributed by atoms with Gasteiger partial charge >= 0.3 is 6.09 Å². The lowest BCUT2D eigenvalue weighted by molar-refractivity contribution is 0.144. The van der Waals surface area contributed by atoms with Gasteiger partial charge < -0.3 is 15.8 Å². The monoisotopic (exact) mass is 370 g/mol. The summed E-state index contributed by atoms with van der Waals surface area (Å²) in [6.07, 6.45) is 1.03. The van der Waals surface area contributed by atoms with Gasteiger partial charge in [-0.15, -0.1) is 0 Å². The van der Waals surface area contributed by atoms with Crippen molar-refractivity contribution in [2.45, 2.75) is 5.92 Å². The summed E-state index contributed by atoms with van der Waals surface area (Å²) in [7, 11) is 0. The molecule has 2 aromatic carbocycles. The van der Waals surface area contributed by atoms with Gasteiger partial charge in [-0.3, -0.25) is 0 Å². The number of carbonyl (C=O) groups excluding carboxylic acids is 1. The first-order valence-corrected chi connectivity index (χ1v) is 8.88. The Morgan fingerprint density at radius 3 is 2.43 bits per heavy atom. The number of carbonyl (C=O) groups is 1. The lowest BCUT2D eigenvalue weighted by atomic mass is 9.98. The minimum absolute atomic E-state index is 0.0354. The highest BCUT2D eigenvalue weighted by atomic mass is 16.5. The molecule has 1 aliphatic rings. The molecule has 6 nitrogen and oxygen atoms in total. The van der Waals surface area contributed by atoms with E-state index in [1.165, 1.54) is 28.5 Å². The molecule has 0 saturated carbocycles. The van der Waals surface area contributed by atoms with E-state index in [1.807, 2.05) is 24.3 Å². The highest BCUT2D eigenvalue weighted by Gasteiger charge is 2.28. The molecule has 1 heterocycles. The molecule has 0 spiro atoms. The number of fused-ring (bicyclic) bond motifs is 3. The zero-order chi connectivity index (χ0) is 19.3. The maximum Gasteiger partial charge on any atom is 0.407 e. The van der Waals surface area contributed by atoms with Crippen LogP contribution in [0.15, 0.2) is 60.8 Å². The molecule has 0 atom stereocenters. The third-order valence-corrected chi connectivity index (χ3v) is 4.56. The molecule has 3 N–H and O–H groups in total. The van der Waals surface area contributed by atoms with Crippen molar-refractivity contribution < 1.29 is 9.53 Å². The summed E-state index contributed by atoms with van der Waals surface area (Å²) < 4.78 is 5.45. The summed E-state index contributed by atoms with van der Waals surface area (Å²) in [6.45, 7) is 0.427. The fraction of sp³-hybridized carbons (Fsp3) is 0.136. The Morgan fingerprint density at radius 2 is 1.75 bits per heavy atom. The average Bonchev–Trinajstić information content (AvgIpc) is 3.04. The second-order valence-electron chi connectivity index (χ2n) is 6.28. The van der Waals surface area contributed by atoms with E-state index < -0.39 is 6.09 Å². The van der Waals surface area contributed by atoms with Gasteiger partial charge in [0.15, 0.2) is 0 Å². The van der Waals surface area contributed by atoms with E-state index in [0.717, 1.165) is 0 Å². The van der Waals surface area contributed by atoms with Gasteiger partial charge in [0.25, 0.3) is 0 Å². The van der Waals surface area contributed by atoms with Gasteiger partial charge in [0, 0.05) is 12.1 Å². The van der Waals surface area contributed by atoms with E-state index in [0.29, 0.717) is 5.69 Å². The Labute approximate surface area is 162 Å². The molecule has 4 rings (SSSR count). The average molecular weight is 370 g/mol. The van der Waals surface area contributed by atoms with Crippen molar-refractivity contribution in [3.8, 4) is 23.0 Å². The first-order chi connectivity index (χ1) is 13.7. The molecule has 1 amide bonds. The van der Waals surface area contributed by atoms with Crippen LogP contribution in [0.1, 0.15) is 22.7 Å². The van der Waals surface area contributed by atoms with E-state index in [2.05, 4.69) is 51.4 Å². The highest BCUT2D eigenvalue weighted by Crippen LogP contribution is 2.44. The van der Waals surface area contributed by atoms with Crippen LogP contribution in [0, 0.1) is 11.8 Å². The van der Waals surface area contributed by atoms with Gasteiger partial charge in [0.2, 0.25) is 5.95 Å². The van der Waals surface area contributed by atoms with Crippen molar-refractivity contribution in [3.05, 3.63) is 77.6 Å². The Morgan fingerprint density at radius 1 is 1.07 bits per heavy atom. The van der Waals surface area contributed by atoms with Crippen molar-refractivity contribution >= 4 is 12.0 Å². The standard InChI is InChI=1S/C22H18N4O2/c23-21-24-13-11-15(26-21)6-5-12-25-22(27)28-14-20-18-9-3-1-7-16(18)17-8-2-4-10-19(17)20/h1-4,7-11,13,20H,12,14H2,(H,25,27)(H2,23,24,26). The number of nitrogen functional groups attached to an aromatic ring is 1. The number of rotatable bonds is 3. The van der Waals surface area contributed by atoms with Gasteiger partial charge in [-0.25, -0.2) is 14.8 Å². The Kier molecular flexibility index (Phi) is 4.89. The molecule has 0 bridgehead atoms. The smallest absolute Gasteiger partial charge is 0.407 e. The van der Waals surface area contributed by atoms with Crippen LogP contribution in [-0.2, 0) is 4.74 Å². The number of alkyl carbamates (subject to hydrolysis) is 1. The minimum Gasteiger partial charge on any atom is -0.449 e. The first kappa shape index (κ1) is 17.6. The largest absolute Gasteiger partial charge is 0.449 e. The third kappa shape index (κ3) is 3.64. The van der Waals surface area contributed by atoms with Crippen LogP contribution in [0.25, 0.3) is 11.1 Å². The summed E-state index contributed by atoms with van der Waals surface area (Å²) in [5.41, 5.74) is 10.7. The second-order valence-corrected chi connectivity index (χ2v) is 6.28. The Bertz CT molecular complexity index is 1040. The lowest BCUT2D eigenvalue weighted by Gasteiger charge is -2.14. The van der Waals surface area contributed by atoms with Gasteiger partial charge in [-0.05, 0) is 34.2 Å². The van der Waals surface area contributed by atoms with Crippen LogP contribution in [0.4, 0.5) is 10.7 Å². The molecule has 3 aromatic rings. The normalized spacial score (nSPS) is 11.7. The molecule has 6 heteroatoms. The van der Waals surface area contributed by atoms with Crippen LogP contribution in [0.2, 0.25) is 0 Å². The maximum atomic E-state index is 12.0. The number of nitrogens with one attached hydrogen (secondary N) is 1. The van der Waals surface area contributed by atoms with E-state index in [-0.39, 0.29) is 25.0 Å². The van der Waals surface area contributed by atoms with Crippen LogP contribution in [-0.4, -0.2) is 29.2 Å². The van der Waals surface area contributed by atoms with Gasteiger partial charge in [-0.2, -0.15) is 0 Å². The number of hydrogen-bond acceptors (Lipinski definition) is 5. The topological polar surface area (TPSA) is 90.1 Å². The number of amides is 1. The molecule has 1 aliphatic carbocycles. The molecule has 28 heavy (non-hydrogen) atoms. The van der Waals surface area contributed by atoms with E-state index in [4.69, 9.17) is 10.5 Å². The molecule has 0 fully saturated rings. The molecule has 0 radical (unpaired) electrons. The number of aromatic nitrogens is 2. The number of benzene rings is 2. The van der Waals surface area contributed by atoms with E-state index >= 15 is 0 Å². The van der Waals surface area contributed by atoms with Crippen LogP contribution < -0.4 is 11.1 Å². The van der Waals surface area contributed by atoms with Crippen LogP contribution >= 0.6 is 0 Å². The van der Waals surface area contributed by atoms with Crippen molar-refractivity contribution in [3.63, 3.8) is 0 Å². The van der Waals surface area contributed by atoms with Crippen LogP contribution in [0.3, 0.4) is 0 Å². The fourth-order valence-electron chi connectivity index (χ4n) is 3.34. The number of anilines is 1. The van der Waals surface area contributed by atoms with Crippen molar-refractivity contribution in [1.82, 2.24) is 15.3 Å². The Balaban J connectivity index is 1.35. The predicted octanol–water partition coefficient (Wildman–Crippen LogP) is 2.95. The SMILES string of the molecule is Nc1nccc(C#CCNC(=O)OCC2c3ccccc3-c3ccccc32)n1. The number of ether oxygens (including phenoxy) is 1. The molecule has 0 aliphatic heterocycles. The Hall–Kier alpha value is -3.85. The van der Waals surface area contributed by atoms with Crippen molar-refractivity contribution in [2.75, 3.05) is 18.9 Å². The number of nitrogens with two attached hydrogens (primary N) is 1. The van der Waals surface area contributed by atoms with Gasteiger partial charge in [0.05, 0.1) is 6.54 Å². The molecular formula is C22H18N4O2. The van der Waals surface area contributed by atoms with Gasteiger partial charge in [0.1, 0.15) is 12.3 Å². The first-order valence-electron chi connectivity index (χ1n) is 8.88. The summed E-state index contributed by atoms with van der Waals surface area (Å²) >= 11 is 0. The van der Waals surface area contributed by atoms with Crippen molar-refractivity contribution in [2.24, 2.45) is 0 Å². The summed E-state index contributed by atoms with van der Waals surface area (Å²) in [6, 6.07) is 18.1. The van der Waals surface area contributed by atoms with Gasteiger partial charge in [-0.1, -0.05) is 54.5 Å². The minimum atomic E-state index is -0.502. The summed E-state index contributed by atoms with van der Waals surface area (Å²) in [5.74, 6) is 5.82. The molecule has 1 aromatic heterocycles. The number of hydrogen-bond donors (Lipinski definition) is 2.